The van der Waals surface area contributed by atoms with Crippen LogP contribution in [0.5, 0.6) is 11.6 Å². The number of halogens is 2. The second-order valence-corrected chi connectivity index (χ2v) is 10.4. The second kappa shape index (κ2) is 10.4. The first kappa shape index (κ1) is 25.0. The highest BCUT2D eigenvalue weighted by Crippen LogP contribution is 2.41. The highest BCUT2D eigenvalue weighted by Gasteiger charge is 2.41. The Labute approximate surface area is 225 Å². The molecule has 0 radical (unpaired) electrons. The van der Waals surface area contributed by atoms with Gasteiger partial charge in [0, 0.05) is 38.3 Å². The van der Waals surface area contributed by atoms with Crippen LogP contribution < -0.4 is 14.8 Å². The molecule has 1 aliphatic heterocycles. The smallest absolute Gasteiger partial charge is 0.245 e. The predicted octanol–water partition coefficient (Wildman–Crippen LogP) is 3.94. The number of hydrogen-bond acceptors (Lipinski definition) is 8. The van der Waals surface area contributed by atoms with E-state index in [0.717, 1.165) is 45.6 Å². The molecule has 6 rings (SSSR count). The van der Waals surface area contributed by atoms with Crippen molar-refractivity contribution in [3.63, 3.8) is 0 Å². The van der Waals surface area contributed by atoms with E-state index in [9.17, 15) is 4.39 Å². The molecule has 1 aromatic carbocycles. The number of aromatic nitrogens is 5. The van der Waals surface area contributed by atoms with Crippen LogP contribution in [0.4, 0.5) is 4.39 Å². The van der Waals surface area contributed by atoms with Gasteiger partial charge in [-0.05, 0) is 50.1 Å². The lowest BCUT2D eigenvalue weighted by Gasteiger charge is -2.26. The fraction of sp³-hybridized carbons (Fsp3) is 0.407. The molecule has 0 unspecified atom stereocenters. The highest BCUT2D eigenvalue weighted by atomic mass is 35.5. The van der Waals surface area contributed by atoms with Gasteiger partial charge in [0.25, 0.3) is 0 Å². The minimum atomic E-state index is -0.393. The summed E-state index contributed by atoms with van der Waals surface area (Å²) >= 11 is 6.79. The first-order chi connectivity index (χ1) is 18.5. The van der Waals surface area contributed by atoms with Gasteiger partial charge in [-0.2, -0.15) is 4.98 Å². The molecule has 198 valence electrons. The van der Waals surface area contributed by atoms with Crippen molar-refractivity contribution in [3.8, 4) is 23.0 Å². The number of ether oxygens (including phenoxy) is 2. The van der Waals surface area contributed by atoms with Crippen molar-refractivity contribution in [2.75, 3.05) is 39.3 Å². The van der Waals surface area contributed by atoms with Gasteiger partial charge in [-0.1, -0.05) is 11.6 Å². The van der Waals surface area contributed by atoms with E-state index in [1.807, 2.05) is 22.8 Å². The standard InChI is InChI=1S/C27H29ClFN7O2/c1-27(6-7-27)38-26-23-25(32-17-33-26)36(16-19-3-2-18(29)15-31-19)24(34-23)21-5-4-20(14-22(21)28)37-13-12-35-10-8-30-9-11-35/h2-5,14-15,17,30H,6-13,16H2,1H3. The molecule has 0 spiro atoms. The Balaban J connectivity index is 1.31. The molecule has 38 heavy (non-hydrogen) atoms. The van der Waals surface area contributed by atoms with Gasteiger partial charge in [0.1, 0.15) is 35.9 Å². The molecule has 1 saturated heterocycles. The molecule has 4 aromatic rings. The summed E-state index contributed by atoms with van der Waals surface area (Å²) in [7, 11) is 0. The first-order valence-electron chi connectivity index (χ1n) is 12.8. The summed E-state index contributed by atoms with van der Waals surface area (Å²) < 4.78 is 27.6. The van der Waals surface area contributed by atoms with Crippen molar-refractivity contribution in [3.05, 3.63) is 59.4 Å². The van der Waals surface area contributed by atoms with E-state index in [2.05, 4.69) is 32.1 Å². The van der Waals surface area contributed by atoms with Crippen molar-refractivity contribution < 1.29 is 13.9 Å². The summed E-state index contributed by atoms with van der Waals surface area (Å²) in [4.78, 5) is 20.4. The monoisotopic (exact) mass is 537 g/mol. The molecule has 11 heteroatoms. The second-order valence-electron chi connectivity index (χ2n) is 9.97. The van der Waals surface area contributed by atoms with Crippen LogP contribution in [-0.4, -0.2) is 74.3 Å². The van der Waals surface area contributed by atoms with Crippen molar-refractivity contribution in [2.45, 2.75) is 31.9 Å². The van der Waals surface area contributed by atoms with Gasteiger partial charge in [-0.25, -0.2) is 14.4 Å². The largest absolute Gasteiger partial charge is 0.492 e. The van der Waals surface area contributed by atoms with Gasteiger partial charge < -0.3 is 19.4 Å². The lowest BCUT2D eigenvalue weighted by Crippen LogP contribution is -2.44. The van der Waals surface area contributed by atoms with E-state index in [1.165, 1.54) is 18.6 Å². The van der Waals surface area contributed by atoms with Crippen LogP contribution in [0.15, 0.2) is 42.9 Å². The lowest BCUT2D eigenvalue weighted by molar-refractivity contribution is 0.191. The molecule has 2 fully saturated rings. The molecule has 0 amide bonds. The maximum atomic E-state index is 13.5. The van der Waals surface area contributed by atoms with Crippen LogP contribution in [0, 0.1) is 5.82 Å². The van der Waals surface area contributed by atoms with Crippen molar-refractivity contribution in [1.82, 2.24) is 34.7 Å². The minimum Gasteiger partial charge on any atom is -0.492 e. The van der Waals surface area contributed by atoms with E-state index in [-0.39, 0.29) is 5.60 Å². The summed E-state index contributed by atoms with van der Waals surface area (Å²) in [6.07, 6.45) is 4.60. The van der Waals surface area contributed by atoms with Crippen LogP contribution in [0.2, 0.25) is 5.02 Å². The maximum Gasteiger partial charge on any atom is 0.245 e. The number of piperazine rings is 1. The Kier molecular flexibility index (Phi) is 6.86. The highest BCUT2D eigenvalue weighted by molar-refractivity contribution is 6.33. The molecular weight excluding hydrogens is 509 g/mol. The average molecular weight is 538 g/mol. The van der Waals surface area contributed by atoms with Crippen LogP contribution in [-0.2, 0) is 6.54 Å². The molecule has 1 aliphatic carbocycles. The van der Waals surface area contributed by atoms with Gasteiger partial charge in [-0.15, -0.1) is 0 Å². The number of benzene rings is 1. The third-order valence-electron chi connectivity index (χ3n) is 6.97. The number of rotatable bonds is 9. The van der Waals surface area contributed by atoms with Gasteiger partial charge in [0.2, 0.25) is 5.88 Å². The van der Waals surface area contributed by atoms with Crippen molar-refractivity contribution in [2.24, 2.45) is 0 Å². The summed E-state index contributed by atoms with van der Waals surface area (Å²) in [5.41, 5.74) is 2.28. The molecule has 3 aromatic heterocycles. The van der Waals surface area contributed by atoms with E-state index in [1.54, 1.807) is 6.07 Å². The fourth-order valence-electron chi connectivity index (χ4n) is 4.51. The van der Waals surface area contributed by atoms with Crippen LogP contribution in [0.3, 0.4) is 0 Å². The molecule has 1 N–H and O–H groups in total. The third kappa shape index (κ3) is 5.43. The first-order valence-corrected chi connectivity index (χ1v) is 13.2. The van der Waals surface area contributed by atoms with Gasteiger partial charge >= 0.3 is 0 Å². The Morgan fingerprint density at radius 3 is 2.68 bits per heavy atom. The molecule has 0 atom stereocenters. The fourth-order valence-corrected chi connectivity index (χ4v) is 4.77. The zero-order chi connectivity index (χ0) is 26.1. The Hall–Kier alpha value is -3.34. The minimum absolute atomic E-state index is 0.231. The topological polar surface area (TPSA) is 90.2 Å². The van der Waals surface area contributed by atoms with Crippen LogP contribution >= 0.6 is 11.6 Å². The number of fused-ring (bicyclic) bond motifs is 1. The molecular formula is C27H29ClFN7O2. The number of nitrogens with one attached hydrogen (secondary N) is 1. The Morgan fingerprint density at radius 2 is 1.95 bits per heavy atom. The number of pyridine rings is 1. The Morgan fingerprint density at radius 1 is 1.11 bits per heavy atom. The summed E-state index contributed by atoms with van der Waals surface area (Å²) in [6.45, 7) is 7.88. The van der Waals surface area contributed by atoms with Gasteiger partial charge in [0.05, 0.1) is 23.5 Å². The summed E-state index contributed by atoms with van der Waals surface area (Å²) in [6, 6.07) is 8.63. The predicted molar refractivity (Wildman–Crippen MR) is 142 cm³/mol. The van der Waals surface area contributed by atoms with Gasteiger partial charge in [-0.3, -0.25) is 9.88 Å². The summed E-state index contributed by atoms with van der Waals surface area (Å²) in [5, 5.41) is 3.85. The molecule has 0 bridgehead atoms. The average Bonchev–Trinajstić information content (AvgIpc) is 3.54. The summed E-state index contributed by atoms with van der Waals surface area (Å²) in [5.74, 6) is 1.33. The quantitative estimate of drug-likeness (QED) is 0.343. The zero-order valence-electron chi connectivity index (χ0n) is 21.2. The Bertz CT molecular complexity index is 1440. The normalized spacial score (nSPS) is 17.0. The number of nitrogens with zero attached hydrogens (tertiary/aromatic N) is 6. The molecule has 4 heterocycles. The van der Waals surface area contributed by atoms with Crippen molar-refractivity contribution in [1.29, 1.82) is 0 Å². The molecule has 1 saturated carbocycles. The van der Waals surface area contributed by atoms with Crippen LogP contribution in [0.25, 0.3) is 22.6 Å². The molecule has 9 nitrogen and oxygen atoms in total. The van der Waals surface area contributed by atoms with Crippen LogP contribution in [0.1, 0.15) is 25.5 Å². The lowest BCUT2D eigenvalue weighted by atomic mass is 10.2. The number of imidazole rings is 1. The van der Waals surface area contributed by atoms with E-state index in [0.29, 0.717) is 58.0 Å². The third-order valence-corrected chi connectivity index (χ3v) is 7.28. The molecule has 2 aliphatic rings. The number of hydrogen-bond donors (Lipinski definition) is 1. The SMILES string of the molecule is CC1(Oc2ncnc3c2nc(-c2ccc(OCCN4CCNCC4)cc2Cl)n3Cc2ccc(F)cn2)CC1. The van der Waals surface area contributed by atoms with Crippen molar-refractivity contribution >= 4 is 22.8 Å². The van der Waals surface area contributed by atoms with E-state index in [4.69, 9.17) is 26.1 Å². The zero-order valence-corrected chi connectivity index (χ0v) is 21.9. The van der Waals surface area contributed by atoms with E-state index < -0.39 is 5.82 Å². The van der Waals surface area contributed by atoms with E-state index >= 15 is 0 Å². The van der Waals surface area contributed by atoms with Gasteiger partial charge in [0.15, 0.2) is 11.2 Å². The maximum absolute atomic E-state index is 13.5.